The van der Waals surface area contributed by atoms with Crippen LogP contribution in [-0.2, 0) is 14.2 Å². The number of rotatable bonds is 3. The van der Waals surface area contributed by atoms with Gasteiger partial charge in [-0.15, -0.1) is 0 Å². The molecule has 0 bridgehead atoms. The number of nitrogens with one attached hydrogen (secondary N) is 1. The van der Waals surface area contributed by atoms with Gasteiger partial charge in [0.1, 0.15) is 0 Å². The molecule has 0 aromatic carbocycles. The molecule has 3 unspecified atom stereocenters. The zero-order chi connectivity index (χ0) is 13.7. The maximum absolute atomic E-state index is 6.02. The zero-order valence-corrected chi connectivity index (χ0v) is 12.3. The van der Waals surface area contributed by atoms with Crippen LogP contribution in [0.1, 0.15) is 33.1 Å². The molecule has 3 fully saturated rings. The Labute approximate surface area is 115 Å². The van der Waals surface area contributed by atoms with Crippen LogP contribution in [0, 0.1) is 11.3 Å². The summed E-state index contributed by atoms with van der Waals surface area (Å²) in [6.45, 7) is 11.0. The van der Waals surface area contributed by atoms with Crippen molar-refractivity contribution in [3.63, 3.8) is 0 Å². The summed E-state index contributed by atoms with van der Waals surface area (Å²) in [7, 11) is 1.70. The largest absolute Gasteiger partial charge is 0.502 e. The first-order valence-electron chi connectivity index (χ1n) is 7.22. The monoisotopic (exact) mass is 267 g/mol. The van der Waals surface area contributed by atoms with E-state index < -0.39 is 5.79 Å². The molecule has 1 saturated carbocycles. The number of ether oxygens (including phenoxy) is 3. The van der Waals surface area contributed by atoms with E-state index in [1.54, 1.807) is 7.11 Å². The first kappa shape index (κ1) is 13.4. The Morgan fingerprint density at radius 2 is 2.00 bits per heavy atom. The molecule has 1 N–H and O–H groups in total. The Hall–Kier alpha value is -0.580. The Balaban J connectivity index is 1.87. The average Bonchev–Trinajstić information content (AvgIpc) is 3.02. The van der Waals surface area contributed by atoms with Crippen LogP contribution in [0.4, 0.5) is 0 Å². The van der Waals surface area contributed by atoms with Gasteiger partial charge in [0.05, 0.1) is 31.6 Å². The molecule has 108 valence electrons. The lowest BCUT2D eigenvalue weighted by Gasteiger charge is -2.44. The molecule has 0 aromatic heterocycles. The molecule has 1 aliphatic carbocycles. The summed E-state index contributed by atoms with van der Waals surface area (Å²) in [6.07, 6.45) is 3.01. The highest BCUT2D eigenvalue weighted by Crippen LogP contribution is 2.62. The molecule has 0 amide bonds. The molecule has 0 radical (unpaired) electrons. The molecule has 2 heterocycles. The molecule has 2 saturated heterocycles. The van der Waals surface area contributed by atoms with Crippen LogP contribution in [0.3, 0.4) is 0 Å². The van der Waals surface area contributed by atoms with Gasteiger partial charge < -0.3 is 19.5 Å². The summed E-state index contributed by atoms with van der Waals surface area (Å²) < 4.78 is 17.3. The van der Waals surface area contributed by atoms with E-state index in [4.69, 9.17) is 14.2 Å². The third-order valence-electron chi connectivity index (χ3n) is 6.00. The van der Waals surface area contributed by atoms with Crippen LogP contribution in [0.15, 0.2) is 12.3 Å². The minimum atomic E-state index is -0.426. The number of hydrogen-bond donors (Lipinski definition) is 1. The second-order valence-corrected chi connectivity index (χ2v) is 6.52. The highest BCUT2D eigenvalue weighted by atomic mass is 16.7. The highest BCUT2D eigenvalue weighted by Gasteiger charge is 2.71. The van der Waals surface area contributed by atoms with Crippen molar-refractivity contribution in [2.75, 3.05) is 26.9 Å². The van der Waals surface area contributed by atoms with Crippen LogP contribution in [0.2, 0.25) is 0 Å². The maximum Gasteiger partial charge on any atom is 0.187 e. The Bertz CT molecular complexity index is 391. The molecular formula is C15H25NO3. The highest BCUT2D eigenvalue weighted by molar-refractivity contribution is 5.22. The van der Waals surface area contributed by atoms with Gasteiger partial charge in [-0.25, -0.2) is 0 Å². The second kappa shape index (κ2) is 4.21. The lowest BCUT2D eigenvalue weighted by atomic mass is 9.67. The topological polar surface area (TPSA) is 39.7 Å². The molecule has 3 aliphatic rings. The van der Waals surface area contributed by atoms with Gasteiger partial charge in [0.25, 0.3) is 0 Å². The van der Waals surface area contributed by atoms with Crippen molar-refractivity contribution in [2.45, 2.75) is 44.4 Å². The second-order valence-electron chi connectivity index (χ2n) is 6.52. The van der Waals surface area contributed by atoms with Crippen molar-refractivity contribution in [3.8, 4) is 0 Å². The van der Waals surface area contributed by atoms with Crippen LogP contribution in [0.5, 0.6) is 0 Å². The third kappa shape index (κ3) is 1.57. The molecule has 0 aromatic rings. The molecule has 3 atom stereocenters. The minimum absolute atomic E-state index is 0.116. The number of allylic oxidation sites excluding steroid dienone is 1. The van der Waals surface area contributed by atoms with Crippen molar-refractivity contribution in [2.24, 2.45) is 11.3 Å². The molecular weight excluding hydrogens is 242 g/mol. The van der Waals surface area contributed by atoms with E-state index in [-0.39, 0.29) is 11.0 Å². The van der Waals surface area contributed by atoms with E-state index in [1.165, 1.54) is 0 Å². The summed E-state index contributed by atoms with van der Waals surface area (Å²) in [5, 5.41) is 3.70. The smallest absolute Gasteiger partial charge is 0.187 e. The van der Waals surface area contributed by atoms with Gasteiger partial charge >= 0.3 is 0 Å². The van der Waals surface area contributed by atoms with E-state index in [2.05, 4.69) is 25.7 Å². The lowest BCUT2D eigenvalue weighted by molar-refractivity contribution is -0.202. The van der Waals surface area contributed by atoms with Gasteiger partial charge in [-0.05, 0) is 31.2 Å². The van der Waals surface area contributed by atoms with Gasteiger partial charge in [-0.2, -0.15) is 0 Å². The fourth-order valence-corrected chi connectivity index (χ4v) is 4.40. The molecule has 4 heteroatoms. The number of fused-ring (bicyclic) bond motifs is 2. The van der Waals surface area contributed by atoms with Gasteiger partial charge in [0.15, 0.2) is 5.79 Å². The van der Waals surface area contributed by atoms with Gasteiger partial charge in [-0.3, -0.25) is 0 Å². The number of methoxy groups -OCH3 is 1. The van der Waals surface area contributed by atoms with Crippen molar-refractivity contribution in [1.82, 2.24) is 5.32 Å². The van der Waals surface area contributed by atoms with Crippen LogP contribution >= 0.6 is 0 Å². The van der Waals surface area contributed by atoms with Crippen molar-refractivity contribution in [3.05, 3.63) is 12.3 Å². The first-order valence-corrected chi connectivity index (χ1v) is 7.22. The summed E-state index contributed by atoms with van der Waals surface area (Å²) >= 11 is 0. The molecule has 4 nitrogen and oxygen atoms in total. The standard InChI is InChI=1S/C15H25NO3/c1-11(17-4)9-12-10-16-14(3)13(12,2)5-6-15(14)18-7-8-19-15/h12,16H,1,5-10H2,2-4H3. The summed E-state index contributed by atoms with van der Waals surface area (Å²) in [5.74, 6) is 0.967. The minimum Gasteiger partial charge on any atom is -0.502 e. The predicted molar refractivity (Wildman–Crippen MR) is 72.6 cm³/mol. The SMILES string of the molecule is C=C(CC1CNC2(C)C3(CCC12C)OCCO3)OC. The first-order chi connectivity index (χ1) is 8.97. The summed E-state index contributed by atoms with van der Waals surface area (Å²) in [4.78, 5) is 0. The summed E-state index contributed by atoms with van der Waals surface area (Å²) in [6, 6.07) is 0. The van der Waals surface area contributed by atoms with E-state index >= 15 is 0 Å². The van der Waals surface area contributed by atoms with E-state index in [9.17, 15) is 0 Å². The molecule has 2 aliphatic heterocycles. The Morgan fingerprint density at radius 3 is 2.63 bits per heavy atom. The third-order valence-corrected chi connectivity index (χ3v) is 6.00. The van der Waals surface area contributed by atoms with E-state index in [0.29, 0.717) is 19.1 Å². The lowest BCUT2D eigenvalue weighted by Crippen LogP contribution is -2.61. The fraction of sp³-hybridized carbons (Fsp3) is 0.867. The Morgan fingerprint density at radius 1 is 1.32 bits per heavy atom. The Kier molecular flexibility index (Phi) is 2.97. The fourth-order valence-electron chi connectivity index (χ4n) is 4.40. The van der Waals surface area contributed by atoms with Crippen LogP contribution in [0.25, 0.3) is 0 Å². The predicted octanol–water partition coefficient (Wildman–Crippen LogP) is 2.06. The van der Waals surface area contributed by atoms with Gasteiger partial charge in [-0.1, -0.05) is 13.5 Å². The normalized spacial score (nSPS) is 43.6. The average molecular weight is 267 g/mol. The van der Waals surface area contributed by atoms with Crippen LogP contribution < -0.4 is 5.32 Å². The molecule has 19 heavy (non-hydrogen) atoms. The van der Waals surface area contributed by atoms with Crippen molar-refractivity contribution >= 4 is 0 Å². The molecule has 1 spiro atoms. The van der Waals surface area contributed by atoms with Gasteiger partial charge in [0, 0.05) is 12.8 Å². The summed E-state index contributed by atoms with van der Waals surface area (Å²) in [5.41, 5.74) is 0.0496. The van der Waals surface area contributed by atoms with E-state index in [1.807, 2.05) is 0 Å². The van der Waals surface area contributed by atoms with Crippen molar-refractivity contribution < 1.29 is 14.2 Å². The molecule has 3 rings (SSSR count). The maximum atomic E-state index is 6.02. The van der Waals surface area contributed by atoms with Crippen LogP contribution in [-0.4, -0.2) is 38.2 Å². The quantitative estimate of drug-likeness (QED) is 0.795. The van der Waals surface area contributed by atoms with Crippen molar-refractivity contribution in [1.29, 1.82) is 0 Å². The zero-order valence-electron chi connectivity index (χ0n) is 12.3. The van der Waals surface area contributed by atoms with Gasteiger partial charge in [0.2, 0.25) is 0 Å². The van der Waals surface area contributed by atoms with E-state index in [0.717, 1.165) is 31.6 Å². The number of hydrogen-bond acceptors (Lipinski definition) is 4.